The van der Waals surface area contributed by atoms with Crippen LogP contribution in [0.3, 0.4) is 0 Å². The monoisotopic (exact) mass is 429 g/mol. The van der Waals surface area contributed by atoms with Gasteiger partial charge in [0.1, 0.15) is 16.1 Å². The van der Waals surface area contributed by atoms with Gasteiger partial charge in [-0.3, -0.25) is 9.78 Å². The van der Waals surface area contributed by atoms with Crippen LogP contribution in [0.15, 0.2) is 76.8 Å². The molecule has 31 heavy (non-hydrogen) atoms. The number of thiazole rings is 1. The van der Waals surface area contributed by atoms with Crippen LogP contribution in [0.2, 0.25) is 0 Å². The van der Waals surface area contributed by atoms with Crippen LogP contribution in [-0.2, 0) is 4.79 Å². The van der Waals surface area contributed by atoms with Crippen LogP contribution in [-0.4, -0.2) is 29.0 Å². The molecule has 0 aliphatic rings. The van der Waals surface area contributed by atoms with E-state index in [-0.39, 0.29) is 5.91 Å². The fourth-order valence-electron chi connectivity index (χ4n) is 3.49. The molecule has 1 unspecified atom stereocenters. The number of ether oxygens (including phenoxy) is 1. The van der Waals surface area contributed by atoms with E-state index in [1.165, 1.54) is 11.3 Å². The zero-order chi connectivity index (χ0) is 21.4. The summed E-state index contributed by atoms with van der Waals surface area (Å²) in [5.74, 6) is 1.06. The Bertz CT molecular complexity index is 1370. The fraction of sp³-hybridized carbons (Fsp3) is 0.125. The zero-order valence-corrected chi connectivity index (χ0v) is 17.8. The molecule has 5 rings (SSSR count). The van der Waals surface area contributed by atoms with Gasteiger partial charge in [-0.2, -0.15) is 0 Å². The molecule has 0 saturated carbocycles. The lowest BCUT2D eigenvalue weighted by Gasteiger charge is -2.22. The average molecular weight is 430 g/mol. The van der Waals surface area contributed by atoms with Crippen LogP contribution in [0, 0.1) is 0 Å². The molecule has 1 atom stereocenters. The predicted molar refractivity (Wildman–Crippen MR) is 123 cm³/mol. The van der Waals surface area contributed by atoms with Crippen molar-refractivity contribution >= 4 is 44.8 Å². The Balaban J connectivity index is 1.38. The van der Waals surface area contributed by atoms with E-state index in [2.05, 4.69) is 9.97 Å². The number of likely N-dealkylation sites (N-methyl/N-ethyl adjacent to an activating group) is 1. The van der Waals surface area contributed by atoms with Crippen molar-refractivity contribution in [1.29, 1.82) is 0 Å². The molecular formula is C24H19N3O3S. The maximum absolute atomic E-state index is 13.1. The largest absolute Gasteiger partial charge is 0.480 e. The Morgan fingerprint density at radius 1 is 1.13 bits per heavy atom. The number of benzene rings is 3. The summed E-state index contributed by atoms with van der Waals surface area (Å²) in [6, 6.07) is 19.3. The quantitative estimate of drug-likeness (QED) is 0.367. The molecule has 2 heterocycles. The van der Waals surface area contributed by atoms with Gasteiger partial charge in [-0.1, -0.05) is 36.4 Å². The number of nitrogens with zero attached hydrogens (tertiary/aromatic N) is 3. The molecule has 7 heteroatoms. The van der Waals surface area contributed by atoms with E-state index in [9.17, 15) is 4.79 Å². The molecule has 0 N–H and O–H groups in total. The Labute approximate surface area is 182 Å². The molecule has 154 valence electrons. The molecule has 5 aromatic rings. The van der Waals surface area contributed by atoms with Gasteiger partial charge in [0.2, 0.25) is 5.89 Å². The van der Waals surface area contributed by atoms with Crippen molar-refractivity contribution in [3.05, 3.63) is 72.4 Å². The van der Waals surface area contributed by atoms with Gasteiger partial charge in [0.15, 0.2) is 11.7 Å². The van der Waals surface area contributed by atoms with Crippen molar-refractivity contribution in [1.82, 2.24) is 9.97 Å². The Hall–Kier alpha value is -3.71. The number of aromatic nitrogens is 2. The van der Waals surface area contributed by atoms with Crippen molar-refractivity contribution < 1.29 is 13.9 Å². The highest BCUT2D eigenvalue weighted by Gasteiger charge is 2.22. The molecule has 3 aromatic carbocycles. The lowest BCUT2D eigenvalue weighted by atomic mass is 10.1. The minimum atomic E-state index is -0.656. The molecule has 0 radical (unpaired) electrons. The van der Waals surface area contributed by atoms with Crippen molar-refractivity contribution in [3.8, 4) is 16.5 Å². The SMILES string of the molecule is CC(Oc1cccc2ccccc12)C(=O)N(C)c1ccc2oc(-c3cncs3)nc2c1. The summed E-state index contributed by atoms with van der Waals surface area (Å²) in [4.78, 5) is 24.1. The second-order valence-electron chi connectivity index (χ2n) is 7.17. The molecule has 0 aliphatic carbocycles. The Kier molecular flexibility index (Phi) is 4.88. The lowest BCUT2D eigenvalue weighted by molar-refractivity contribution is -0.124. The molecule has 2 aromatic heterocycles. The molecule has 0 bridgehead atoms. The van der Waals surface area contributed by atoms with Crippen LogP contribution in [0.4, 0.5) is 5.69 Å². The van der Waals surface area contributed by atoms with E-state index >= 15 is 0 Å². The number of carbonyl (C=O) groups excluding carboxylic acids is 1. The third-order valence-electron chi connectivity index (χ3n) is 5.13. The summed E-state index contributed by atoms with van der Waals surface area (Å²) in [7, 11) is 1.73. The van der Waals surface area contributed by atoms with Crippen molar-refractivity contribution in [3.63, 3.8) is 0 Å². The second-order valence-corrected chi connectivity index (χ2v) is 8.06. The number of fused-ring (bicyclic) bond motifs is 2. The fourth-order valence-corrected chi connectivity index (χ4v) is 4.04. The van der Waals surface area contributed by atoms with E-state index in [4.69, 9.17) is 9.15 Å². The van der Waals surface area contributed by atoms with E-state index in [1.807, 2.05) is 60.7 Å². The standard InChI is InChI=1S/C24H19N3O3S/c1-15(29-20-9-5-7-16-6-3-4-8-18(16)20)24(28)27(2)17-10-11-21-19(12-17)26-23(30-21)22-13-25-14-31-22/h3-15H,1-2H3. The number of hydrogen-bond acceptors (Lipinski definition) is 6. The van der Waals surface area contributed by atoms with Crippen LogP contribution in [0.1, 0.15) is 6.92 Å². The maximum Gasteiger partial charge on any atom is 0.267 e. The zero-order valence-electron chi connectivity index (χ0n) is 17.0. The van der Waals surface area contributed by atoms with Gasteiger partial charge in [-0.05, 0) is 36.6 Å². The maximum atomic E-state index is 13.1. The number of carbonyl (C=O) groups is 1. The summed E-state index contributed by atoms with van der Waals surface area (Å²) in [5, 5.41) is 2.05. The first-order valence-corrected chi connectivity index (χ1v) is 10.7. The van der Waals surface area contributed by atoms with Gasteiger partial charge in [0.05, 0.1) is 11.7 Å². The van der Waals surface area contributed by atoms with Crippen LogP contribution in [0.5, 0.6) is 5.75 Å². The number of hydrogen-bond donors (Lipinski definition) is 0. The van der Waals surface area contributed by atoms with E-state index in [1.54, 1.807) is 30.6 Å². The van der Waals surface area contributed by atoms with Crippen LogP contribution < -0.4 is 9.64 Å². The normalized spacial score (nSPS) is 12.2. The van der Waals surface area contributed by atoms with Crippen molar-refractivity contribution in [2.24, 2.45) is 0 Å². The van der Waals surface area contributed by atoms with Gasteiger partial charge >= 0.3 is 0 Å². The van der Waals surface area contributed by atoms with Gasteiger partial charge in [-0.15, -0.1) is 11.3 Å². The van der Waals surface area contributed by atoms with Crippen molar-refractivity contribution in [2.45, 2.75) is 13.0 Å². The predicted octanol–water partition coefficient (Wildman–Crippen LogP) is 5.53. The smallest absolute Gasteiger partial charge is 0.267 e. The number of anilines is 1. The second kappa shape index (κ2) is 7.85. The average Bonchev–Trinajstić information content (AvgIpc) is 3.47. The first-order chi connectivity index (χ1) is 15.1. The molecule has 6 nitrogen and oxygen atoms in total. The van der Waals surface area contributed by atoms with Gasteiger partial charge in [0, 0.05) is 18.1 Å². The lowest BCUT2D eigenvalue weighted by Crippen LogP contribution is -2.38. The number of oxazole rings is 1. The topological polar surface area (TPSA) is 68.5 Å². The first kappa shape index (κ1) is 19.3. The highest BCUT2D eigenvalue weighted by molar-refractivity contribution is 7.13. The number of rotatable bonds is 5. The number of amides is 1. The van der Waals surface area contributed by atoms with Crippen LogP contribution >= 0.6 is 11.3 Å². The van der Waals surface area contributed by atoms with E-state index in [0.29, 0.717) is 22.7 Å². The minimum absolute atomic E-state index is 0.154. The highest BCUT2D eigenvalue weighted by Crippen LogP contribution is 2.30. The Morgan fingerprint density at radius 3 is 2.81 bits per heavy atom. The van der Waals surface area contributed by atoms with Gasteiger partial charge in [0.25, 0.3) is 5.91 Å². The molecule has 1 amide bonds. The first-order valence-electron chi connectivity index (χ1n) is 9.81. The summed E-state index contributed by atoms with van der Waals surface area (Å²) < 4.78 is 11.8. The van der Waals surface area contributed by atoms with Crippen molar-refractivity contribution in [2.75, 3.05) is 11.9 Å². The van der Waals surface area contributed by atoms with Gasteiger partial charge in [-0.25, -0.2) is 4.98 Å². The molecule has 0 aliphatic heterocycles. The molecule has 0 saturated heterocycles. The van der Waals surface area contributed by atoms with Crippen LogP contribution in [0.25, 0.3) is 32.6 Å². The minimum Gasteiger partial charge on any atom is -0.480 e. The van der Waals surface area contributed by atoms with E-state index in [0.717, 1.165) is 21.3 Å². The summed E-state index contributed by atoms with van der Waals surface area (Å²) in [5.41, 5.74) is 3.80. The summed E-state index contributed by atoms with van der Waals surface area (Å²) in [6.07, 6.45) is 1.06. The third kappa shape index (κ3) is 3.64. The molecule has 0 fully saturated rings. The highest BCUT2D eigenvalue weighted by atomic mass is 32.1. The Morgan fingerprint density at radius 2 is 1.97 bits per heavy atom. The third-order valence-corrected chi connectivity index (χ3v) is 5.89. The molecular weight excluding hydrogens is 410 g/mol. The molecule has 0 spiro atoms. The summed E-state index contributed by atoms with van der Waals surface area (Å²) >= 11 is 1.46. The summed E-state index contributed by atoms with van der Waals surface area (Å²) in [6.45, 7) is 1.76. The van der Waals surface area contributed by atoms with E-state index < -0.39 is 6.10 Å². The van der Waals surface area contributed by atoms with Gasteiger partial charge < -0.3 is 14.1 Å².